The number of carbonyl (C=O) groups is 1. The molecule has 0 radical (unpaired) electrons. The Morgan fingerprint density at radius 2 is 1.93 bits per heavy atom. The van der Waals surface area contributed by atoms with Gasteiger partial charge in [-0.2, -0.15) is 0 Å². The monoisotopic (exact) mass is 371 g/mol. The maximum atomic E-state index is 12.6. The molecule has 1 aromatic carbocycles. The van der Waals surface area contributed by atoms with Crippen molar-refractivity contribution in [2.75, 3.05) is 39.3 Å². The maximum Gasteiger partial charge on any atom is 0.317 e. The number of hydrogen-bond acceptors (Lipinski definition) is 3. The van der Waals surface area contributed by atoms with Crippen LogP contribution < -0.4 is 5.32 Å². The van der Waals surface area contributed by atoms with Crippen molar-refractivity contribution in [2.24, 2.45) is 5.92 Å². The van der Waals surface area contributed by atoms with Gasteiger partial charge in [0.2, 0.25) is 0 Å². The first-order valence-corrected chi connectivity index (χ1v) is 10.7. The quantitative estimate of drug-likeness (QED) is 0.884. The number of urea groups is 1. The van der Waals surface area contributed by atoms with Crippen LogP contribution in [-0.2, 0) is 11.3 Å². The molecule has 0 saturated carbocycles. The highest BCUT2D eigenvalue weighted by Crippen LogP contribution is 2.35. The van der Waals surface area contributed by atoms with Crippen molar-refractivity contribution in [2.45, 2.75) is 50.7 Å². The second-order valence-corrected chi connectivity index (χ2v) is 8.54. The molecule has 3 aliphatic rings. The average Bonchev–Trinajstić information content (AvgIpc) is 3.16. The predicted octanol–water partition coefficient (Wildman–Crippen LogP) is 3.25. The summed E-state index contributed by atoms with van der Waals surface area (Å²) in [5.41, 5.74) is 1.46. The molecule has 2 amide bonds. The number of rotatable bonds is 4. The van der Waals surface area contributed by atoms with E-state index in [-0.39, 0.29) is 11.6 Å². The minimum atomic E-state index is 0.0814. The van der Waals surface area contributed by atoms with Gasteiger partial charge in [0.25, 0.3) is 0 Å². The fourth-order valence-electron chi connectivity index (χ4n) is 4.91. The van der Waals surface area contributed by atoms with Crippen molar-refractivity contribution in [3.05, 3.63) is 35.9 Å². The molecule has 1 spiro atoms. The Labute approximate surface area is 163 Å². The molecule has 0 aliphatic carbocycles. The van der Waals surface area contributed by atoms with E-state index >= 15 is 0 Å². The third-order valence-corrected chi connectivity index (χ3v) is 6.54. The molecule has 0 unspecified atom stereocenters. The summed E-state index contributed by atoms with van der Waals surface area (Å²) < 4.78 is 5.96. The Kier molecular flexibility index (Phi) is 5.98. The summed E-state index contributed by atoms with van der Waals surface area (Å²) in [4.78, 5) is 17.1. The van der Waals surface area contributed by atoms with Gasteiger partial charge in [0.1, 0.15) is 0 Å². The summed E-state index contributed by atoms with van der Waals surface area (Å²) in [6.07, 6.45) is 6.76. The number of amides is 2. The van der Waals surface area contributed by atoms with E-state index in [0.29, 0.717) is 5.92 Å². The Hall–Kier alpha value is -1.59. The van der Waals surface area contributed by atoms with Crippen LogP contribution in [0, 0.1) is 5.92 Å². The average molecular weight is 372 g/mol. The molecule has 5 heteroatoms. The number of piperidine rings is 2. The highest BCUT2D eigenvalue weighted by atomic mass is 16.5. The SMILES string of the molecule is O=C(NC[C@@H]1CCCN(Cc2ccccc2)C1)N1CCC2(CCCO2)CC1. The molecule has 3 fully saturated rings. The second kappa shape index (κ2) is 8.61. The third-order valence-electron chi connectivity index (χ3n) is 6.54. The smallest absolute Gasteiger partial charge is 0.317 e. The fourth-order valence-corrected chi connectivity index (χ4v) is 4.91. The van der Waals surface area contributed by atoms with Crippen LogP contribution in [-0.4, -0.2) is 60.8 Å². The first-order valence-electron chi connectivity index (χ1n) is 10.7. The largest absolute Gasteiger partial charge is 0.375 e. The van der Waals surface area contributed by atoms with Crippen molar-refractivity contribution in [1.29, 1.82) is 0 Å². The minimum Gasteiger partial charge on any atom is -0.375 e. The lowest BCUT2D eigenvalue weighted by atomic mass is 9.89. The third kappa shape index (κ3) is 4.82. The van der Waals surface area contributed by atoms with E-state index < -0.39 is 0 Å². The van der Waals surface area contributed by atoms with Gasteiger partial charge in [-0.25, -0.2) is 4.79 Å². The lowest BCUT2D eigenvalue weighted by molar-refractivity contribution is -0.0362. The molecule has 1 N–H and O–H groups in total. The molecule has 3 heterocycles. The lowest BCUT2D eigenvalue weighted by Crippen LogP contribution is -2.51. The van der Waals surface area contributed by atoms with Crippen molar-refractivity contribution in [1.82, 2.24) is 15.1 Å². The summed E-state index contributed by atoms with van der Waals surface area (Å²) in [5.74, 6) is 0.556. The molecule has 3 aliphatic heterocycles. The van der Waals surface area contributed by atoms with Gasteiger partial charge in [0.05, 0.1) is 5.60 Å². The van der Waals surface area contributed by atoms with Gasteiger partial charge in [-0.15, -0.1) is 0 Å². The summed E-state index contributed by atoms with van der Waals surface area (Å²) in [7, 11) is 0. The molecular weight excluding hydrogens is 338 g/mol. The molecule has 3 saturated heterocycles. The van der Waals surface area contributed by atoms with Crippen LogP contribution in [0.15, 0.2) is 30.3 Å². The Balaban J connectivity index is 1.20. The topological polar surface area (TPSA) is 44.8 Å². The summed E-state index contributed by atoms with van der Waals surface area (Å²) >= 11 is 0. The van der Waals surface area contributed by atoms with Crippen molar-refractivity contribution in [3.63, 3.8) is 0 Å². The highest BCUT2D eigenvalue weighted by molar-refractivity contribution is 5.74. The van der Waals surface area contributed by atoms with E-state index in [1.165, 1.54) is 31.2 Å². The molecule has 4 rings (SSSR count). The fraction of sp³-hybridized carbons (Fsp3) is 0.682. The van der Waals surface area contributed by atoms with Crippen LogP contribution in [0.1, 0.15) is 44.1 Å². The zero-order valence-corrected chi connectivity index (χ0v) is 16.4. The van der Waals surface area contributed by atoms with E-state index in [9.17, 15) is 4.79 Å². The van der Waals surface area contributed by atoms with Crippen molar-refractivity contribution < 1.29 is 9.53 Å². The standard InChI is InChI=1S/C22H33N3O2/c26-21(25-13-10-22(11-14-25)9-5-15-27-22)23-16-20-8-4-12-24(18-20)17-19-6-2-1-3-7-19/h1-3,6-7,20H,4-5,8-18H2,(H,23,26)/t20-/m0/s1. The van der Waals surface area contributed by atoms with Gasteiger partial charge in [-0.1, -0.05) is 30.3 Å². The molecule has 1 atom stereocenters. The van der Waals surface area contributed by atoms with Gasteiger partial charge < -0.3 is 15.0 Å². The highest BCUT2D eigenvalue weighted by Gasteiger charge is 2.39. The van der Waals surface area contributed by atoms with Crippen LogP contribution >= 0.6 is 0 Å². The molecule has 27 heavy (non-hydrogen) atoms. The van der Waals surface area contributed by atoms with Crippen LogP contribution in [0.4, 0.5) is 4.79 Å². The van der Waals surface area contributed by atoms with Crippen LogP contribution in [0.2, 0.25) is 0 Å². The Morgan fingerprint density at radius 3 is 2.67 bits per heavy atom. The van der Waals surface area contributed by atoms with Gasteiger partial charge in [-0.3, -0.25) is 4.90 Å². The van der Waals surface area contributed by atoms with Gasteiger partial charge in [0.15, 0.2) is 0 Å². The normalized spacial score (nSPS) is 25.6. The first-order chi connectivity index (χ1) is 13.2. The van der Waals surface area contributed by atoms with E-state index in [0.717, 1.165) is 58.7 Å². The molecule has 0 bridgehead atoms. The van der Waals surface area contributed by atoms with Crippen LogP contribution in [0.3, 0.4) is 0 Å². The number of carbonyl (C=O) groups excluding carboxylic acids is 1. The first kappa shape index (κ1) is 18.8. The van der Waals surface area contributed by atoms with Gasteiger partial charge in [-0.05, 0) is 56.6 Å². The van der Waals surface area contributed by atoms with E-state index in [1.54, 1.807) is 0 Å². The molecule has 0 aromatic heterocycles. The van der Waals surface area contributed by atoms with Gasteiger partial charge >= 0.3 is 6.03 Å². The Morgan fingerprint density at radius 1 is 1.11 bits per heavy atom. The molecule has 148 valence electrons. The number of benzene rings is 1. The van der Waals surface area contributed by atoms with Crippen LogP contribution in [0.25, 0.3) is 0 Å². The van der Waals surface area contributed by atoms with E-state index in [1.807, 2.05) is 4.90 Å². The van der Waals surface area contributed by atoms with Crippen molar-refractivity contribution >= 4 is 6.03 Å². The van der Waals surface area contributed by atoms with E-state index in [2.05, 4.69) is 40.5 Å². The lowest BCUT2D eigenvalue weighted by Gasteiger charge is -2.39. The van der Waals surface area contributed by atoms with Gasteiger partial charge in [0, 0.05) is 39.3 Å². The summed E-state index contributed by atoms with van der Waals surface area (Å²) in [6.45, 7) is 6.60. The summed E-state index contributed by atoms with van der Waals surface area (Å²) in [6, 6.07) is 10.8. The van der Waals surface area contributed by atoms with E-state index in [4.69, 9.17) is 4.74 Å². The minimum absolute atomic E-state index is 0.0814. The number of nitrogens with one attached hydrogen (secondary N) is 1. The number of ether oxygens (including phenoxy) is 1. The number of nitrogens with zero attached hydrogens (tertiary/aromatic N) is 2. The zero-order chi connectivity index (χ0) is 18.5. The summed E-state index contributed by atoms with van der Waals surface area (Å²) in [5, 5.41) is 3.21. The number of hydrogen-bond donors (Lipinski definition) is 1. The number of likely N-dealkylation sites (tertiary alicyclic amines) is 2. The predicted molar refractivity (Wildman–Crippen MR) is 107 cm³/mol. The Bertz CT molecular complexity index is 605. The zero-order valence-electron chi connectivity index (χ0n) is 16.4. The van der Waals surface area contributed by atoms with Crippen molar-refractivity contribution in [3.8, 4) is 0 Å². The molecular formula is C22H33N3O2. The molecule has 1 aromatic rings. The maximum absolute atomic E-state index is 12.6. The molecule has 5 nitrogen and oxygen atoms in total. The van der Waals surface area contributed by atoms with Crippen LogP contribution in [0.5, 0.6) is 0 Å². The second-order valence-electron chi connectivity index (χ2n) is 8.54.